The Kier molecular flexibility index (Phi) is 6.73. The van der Waals surface area contributed by atoms with Crippen molar-refractivity contribution in [3.63, 3.8) is 0 Å². The molecule has 0 spiro atoms. The number of thiazole rings is 1. The zero-order chi connectivity index (χ0) is 27.9. The molecular weight excluding hydrogens is 529 g/mol. The first-order valence-electron chi connectivity index (χ1n) is 13.1. The van der Waals surface area contributed by atoms with E-state index in [1.54, 1.807) is 11.6 Å². The number of benzene rings is 3. The van der Waals surface area contributed by atoms with Gasteiger partial charge in [0.2, 0.25) is 0 Å². The summed E-state index contributed by atoms with van der Waals surface area (Å²) in [7, 11) is 0. The molecule has 1 aromatic heterocycles. The van der Waals surface area contributed by atoms with E-state index in [1.807, 2.05) is 30.3 Å². The highest BCUT2D eigenvalue weighted by Gasteiger charge is 2.49. The van der Waals surface area contributed by atoms with E-state index < -0.39 is 17.3 Å². The fourth-order valence-corrected chi connectivity index (χ4v) is 5.95. The number of anilines is 2. The van der Waals surface area contributed by atoms with Crippen molar-refractivity contribution < 1.29 is 19.1 Å². The monoisotopic (exact) mass is 557 g/mol. The van der Waals surface area contributed by atoms with Crippen LogP contribution in [-0.2, 0) is 16.9 Å². The minimum Gasteiger partial charge on any atom is -0.508 e. The molecule has 2 amide bonds. The van der Waals surface area contributed by atoms with Crippen LogP contribution < -0.4 is 15.5 Å². The van der Waals surface area contributed by atoms with Crippen molar-refractivity contribution in [2.75, 3.05) is 36.4 Å². The Morgan fingerprint density at radius 2 is 1.82 bits per heavy atom. The van der Waals surface area contributed by atoms with Gasteiger partial charge in [-0.25, -0.2) is 9.37 Å². The number of aromatic hydroxyl groups is 1. The topological polar surface area (TPSA) is 97.8 Å². The Morgan fingerprint density at radius 1 is 1.07 bits per heavy atom. The van der Waals surface area contributed by atoms with E-state index in [0.29, 0.717) is 10.7 Å². The molecule has 6 rings (SSSR count). The lowest BCUT2D eigenvalue weighted by atomic mass is 9.88. The summed E-state index contributed by atoms with van der Waals surface area (Å²) in [5.74, 6) is -1.90. The highest BCUT2D eigenvalue weighted by Crippen LogP contribution is 2.42. The molecule has 0 saturated carbocycles. The summed E-state index contributed by atoms with van der Waals surface area (Å²) in [5.41, 5.74) is 2.49. The van der Waals surface area contributed by atoms with Gasteiger partial charge in [-0.15, -0.1) is 11.3 Å². The summed E-state index contributed by atoms with van der Waals surface area (Å²) in [6, 6.07) is 17.4. The Morgan fingerprint density at radius 3 is 2.55 bits per heavy atom. The summed E-state index contributed by atoms with van der Waals surface area (Å²) >= 11 is 1.22. The van der Waals surface area contributed by atoms with Gasteiger partial charge >= 0.3 is 0 Å². The van der Waals surface area contributed by atoms with E-state index in [0.717, 1.165) is 60.7 Å². The molecule has 204 valence electrons. The van der Waals surface area contributed by atoms with Crippen molar-refractivity contribution in [1.29, 1.82) is 0 Å². The van der Waals surface area contributed by atoms with Crippen molar-refractivity contribution >= 4 is 34.0 Å². The van der Waals surface area contributed by atoms with Crippen molar-refractivity contribution in [3.8, 4) is 16.9 Å². The summed E-state index contributed by atoms with van der Waals surface area (Å²) in [6.07, 6.45) is 1.55. The smallest absolute Gasteiger partial charge is 0.256 e. The zero-order valence-electron chi connectivity index (χ0n) is 21.9. The summed E-state index contributed by atoms with van der Waals surface area (Å²) in [6.45, 7) is 5.47. The molecule has 1 saturated heterocycles. The van der Waals surface area contributed by atoms with Crippen LogP contribution in [0.15, 0.2) is 72.2 Å². The standard InChI is InChI=1S/C30H28FN5O3S/c1-30(25-17-22(31)6-9-26(25)37,28(39)34-29-33-12-15-40-29)36-18-21-3-2-20(16-24(21)27(36)38)19-4-7-23(8-5-19)35-13-10-32-11-14-35/h2-9,12,15-17,32,37H,10-11,13-14,18H2,1H3,(H,33,34,39)/t30-/m0/s1. The third kappa shape index (κ3) is 4.59. The number of hydrogen-bond acceptors (Lipinski definition) is 7. The Bertz CT molecular complexity index is 1570. The van der Waals surface area contributed by atoms with Gasteiger partial charge in [0.05, 0.1) is 0 Å². The van der Waals surface area contributed by atoms with Crippen LogP contribution in [-0.4, -0.2) is 53.0 Å². The molecule has 1 fully saturated rings. The normalized spacial score (nSPS) is 16.5. The van der Waals surface area contributed by atoms with Gasteiger partial charge in [0.15, 0.2) is 5.13 Å². The molecule has 3 aromatic carbocycles. The number of carbonyl (C=O) groups excluding carboxylic acids is 2. The highest BCUT2D eigenvalue weighted by molar-refractivity contribution is 7.13. The average molecular weight is 558 g/mol. The zero-order valence-corrected chi connectivity index (χ0v) is 22.7. The number of rotatable bonds is 6. The van der Waals surface area contributed by atoms with E-state index in [2.05, 4.69) is 32.7 Å². The molecule has 2 aliphatic rings. The molecule has 0 aliphatic carbocycles. The Labute approximate surface area is 235 Å². The lowest BCUT2D eigenvalue weighted by Gasteiger charge is -2.37. The molecule has 4 aromatic rings. The molecule has 0 radical (unpaired) electrons. The first-order chi connectivity index (χ1) is 19.3. The van der Waals surface area contributed by atoms with E-state index in [4.69, 9.17) is 0 Å². The predicted molar refractivity (Wildman–Crippen MR) is 153 cm³/mol. The fourth-order valence-electron chi connectivity index (χ4n) is 5.42. The molecule has 1 atom stereocenters. The number of carbonyl (C=O) groups is 2. The van der Waals surface area contributed by atoms with E-state index in [-0.39, 0.29) is 23.8 Å². The number of halogens is 1. The van der Waals surface area contributed by atoms with Crippen LogP contribution in [0.1, 0.15) is 28.4 Å². The van der Waals surface area contributed by atoms with E-state index in [9.17, 15) is 19.1 Å². The highest BCUT2D eigenvalue weighted by atomic mass is 32.1. The molecule has 3 heterocycles. The van der Waals surface area contributed by atoms with Gasteiger partial charge in [0.1, 0.15) is 17.1 Å². The van der Waals surface area contributed by atoms with Crippen LogP contribution in [0, 0.1) is 5.82 Å². The second-order valence-electron chi connectivity index (χ2n) is 10.1. The number of amides is 2. The maximum Gasteiger partial charge on any atom is 0.256 e. The van der Waals surface area contributed by atoms with Crippen LogP contribution in [0.5, 0.6) is 5.75 Å². The summed E-state index contributed by atoms with van der Waals surface area (Å²) in [4.78, 5) is 35.5. The minimum absolute atomic E-state index is 0.00793. The van der Waals surface area contributed by atoms with Gasteiger partial charge in [-0.2, -0.15) is 0 Å². The third-order valence-electron chi connectivity index (χ3n) is 7.71. The van der Waals surface area contributed by atoms with Gasteiger partial charge in [0, 0.05) is 61.1 Å². The summed E-state index contributed by atoms with van der Waals surface area (Å²) in [5, 5.41) is 18.9. The summed E-state index contributed by atoms with van der Waals surface area (Å²) < 4.78 is 14.4. The van der Waals surface area contributed by atoms with Gasteiger partial charge in [-0.3, -0.25) is 14.9 Å². The number of hydrogen-bond donors (Lipinski definition) is 3. The van der Waals surface area contributed by atoms with Gasteiger partial charge in [-0.05, 0) is 60.0 Å². The lowest BCUT2D eigenvalue weighted by Crippen LogP contribution is -2.52. The van der Waals surface area contributed by atoms with Gasteiger partial charge in [-0.1, -0.05) is 24.3 Å². The van der Waals surface area contributed by atoms with Gasteiger partial charge in [0.25, 0.3) is 11.8 Å². The molecular formula is C30H28FN5O3S. The minimum atomic E-state index is -1.72. The molecule has 10 heteroatoms. The quantitative estimate of drug-likeness (QED) is 0.321. The molecule has 40 heavy (non-hydrogen) atoms. The first kappa shape index (κ1) is 26.0. The van der Waals surface area contributed by atoms with E-state index >= 15 is 0 Å². The number of fused-ring (bicyclic) bond motifs is 1. The van der Waals surface area contributed by atoms with Crippen LogP contribution in [0.4, 0.5) is 15.2 Å². The number of nitrogens with one attached hydrogen (secondary N) is 2. The van der Waals surface area contributed by atoms with Crippen LogP contribution in [0.25, 0.3) is 11.1 Å². The Hall–Kier alpha value is -4.28. The van der Waals surface area contributed by atoms with Crippen LogP contribution in [0.2, 0.25) is 0 Å². The molecule has 3 N–H and O–H groups in total. The third-order valence-corrected chi connectivity index (χ3v) is 8.40. The van der Waals surface area contributed by atoms with Crippen molar-refractivity contribution in [2.24, 2.45) is 0 Å². The number of phenolic OH excluding ortho intramolecular Hbond substituents is 1. The Balaban J connectivity index is 1.33. The number of nitrogens with zero attached hydrogens (tertiary/aromatic N) is 3. The number of piperazine rings is 1. The molecule has 0 unspecified atom stereocenters. The predicted octanol–water partition coefficient (Wildman–Crippen LogP) is 4.57. The maximum absolute atomic E-state index is 14.4. The maximum atomic E-state index is 14.4. The number of phenols is 1. The van der Waals surface area contributed by atoms with Crippen LogP contribution >= 0.6 is 11.3 Å². The molecule has 2 aliphatic heterocycles. The molecule has 0 bridgehead atoms. The van der Waals surface area contributed by atoms with E-state index in [1.165, 1.54) is 29.2 Å². The van der Waals surface area contributed by atoms with Crippen molar-refractivity contribution in [2.45, 2.75) is 19.0 Å². The largest absolute Gasteiger partial charge is 0.508 e. The lowest BCUT2D eigenvalue weighted by molar-refractivity contribution is -0.126. The van der Waals surface area contributed by atoms with Crippen molar-refractivity contribution in [3.05, 3.63) is 94.7 Å². The SMILES string of the molecule is C[C@@](C(=O)Nc1nccs1)(c1cc(F)ccc1O)N1Cc2ccc(-c3ccc(N4CCNCC4)cc3)cc2C1=O. The molecule has 8 nitrogen and oxygen atoms in total. The second kappa shape index (κ2) is 10.4. The van der Waals surface area contributed by atoms with Crippen LogP contribution in [0.3, 0.4) is 0 Å². The first-order valence-corrected chi connectivity index (χ1v) is 13.9. The number of aromatic nitrogens is 1. The van der Waals surface area contributed by atoms with Crippen molar-refractivity contribution in [1.82, 2.24) is 15.2 Å². The van der Waals surface area contributed by atoms with Gasteiger partial charge < -0.3 is 20.2 Å². The second-order valence-corrected chi connectivity index (χ2v) is 11.0. The average Bonchev–Trinajstić information content (AvgIpc) is 3.62. The fraction of sp³-hybridized carbons (Fsp3) is 0.233.